The number of aromatic nitrogens is 2. The third-order valence-electron chi connectivity index (χ3n) is 6.45. The van der Waals surface area contributed by atoms with Gasteiger partial charge in [-0.05, 0) is 50.5 Å². The average molecular weight is 495 g/mol. The maximum Gasteiger partial charge on any atom is 0.303 e. The molecule has 5 rings (SSSR count). The van der Waals surface area contributed by atoms with Gasteiger partial charge >= 0.3 is 5.97 Å². The van der Waals surface area contributed by atoms with Gasteiger partial charge in [0.1, 0.15) is 6.17 Å². The second-order valence-corrected chi connectivity index (χ2v) is 9.16. The number of nitrogens with zero attached hydrogens (tertiary/aromatic N) is 2. The van der Waals surface area contributed by atoms with Crippen molar-refractivity contribution in [2.24, 2.45) is 0 Å². The summed E-state index contributed by atoms with van der Waals surface area (Å²) in [5, 5.41) is 14.6. The van der Waals surface area contributed by atoms with Crippen molar-refractivity contribution in [2.75, 3.05) is 0 Å². The van der Waals surface area contributed by atoms with Crippen LogP contribution in [-0.2, 0) is 11.2 Å². The van der Waals surface area contributed by atoms with E-state index in [4.69, 9.17) is 15.1 Å². The van der Waals surface area contributed by atoms with E-state index in [-0.39, 0.29) is 18.2 Å². The standard InChI is InChI=1S/C29H26N4O4/c1-17-10-12-18(13-11-17)26-23(8-4-5-9-25(34)35)30-24-16-19(14-15-22(24)31-26)28(36)32-27-20-6-2-3-7-21(20)29(37)33-27/h2-3,6-7,10-16,27H,4-5,8-9H2,1H3,(H,32,36)(H,33,37)(H,34,35). The van der Waals surface area contributed by atoms with Crippen LogP contribution in [0.3, 0.4) is 0 Å². The summed E-state index contributed by atoms with van der Waals surface area (Å²) < 4.78 is 0. The summed E-state index contributed by atoms with van der Waals surface area (Å²) in [5.41, 5.74) is 6.50. The van der Waals surface area contributed by atoms with Crippen LogP contribution in [0.2, 0.25) is 0 Å². The number of hydrogen-bond acceptors (Lipinski definition) is 5. The number of rotatable bonds is 8. The highest BCUT2D eigenvalue weighted by Gasteiger charge is 2.29. The van der Waals surface area contributed by atoms with Crippen molar-refractivity contribution in [1.29, 1.82) is 0 Å². The number of carboxylic acid groups (broad SMARTS) is 1. The molecule has 0 saturated heterocycles. The Labute approximate surface area is 213 Å². The lowest BCUT2D eigenvalue weighted by Crippen LogP contribution is -2.35. The molecule has 1 aliphatic rings. The highest BCUT2D eigenvalue weighted by Crippen LogP contribution is 2.27. The topological polar surface area (TPSA) is 121 Å². The fourth-order valence-corrected chi connectivity index (χ4v) is 4.49. The predicted molar refractivity (Wildman–Crippen MR) is 139 cm³/mol. The monoisotopic (exact) mass is 494 g/mol. The molecular formula is C29H26N4O4. The molecule has 1 aromatic heterocycles. The Bertz CT molecular complexity index is 1510. The van der Waals surface area contributed by atoms with Gasteiger partial charge in [-0.3, -0.25) is 14.4 Å². The summed E-state index contributed by atoms with van der Waals surface area (Å²) >= 11 is 0. The molecule has 0 radical (unpaired) electrons. The molecule has 1 atom stereocenters. The van der Waals surface area contributed by atoms with Gasteiger partial charge in [0.2, 0.25) is 0 Å². The first-order valence-electron chi connectivity index (χ1n) is 12.2. The quantitative estimate of drug-likeness (QED) is 0.309. The van der Waals surface area contributed by atoms with E-state index in [2.05, 4.69) is 10.6 Å². The van der Waals surface area contributed by atoms with E-state index in [0.717, 1.165) is 28.1 Å². The zero-order valence-corrected chi connectivity index (χ0v) is 20.3. The smallest absolute Gasteiger partial charge is 0.303 e. The van der Waals surface area contributed by atoms with Gasteiger partial charge in [-0.15, -0.1) is 0 Å². The third-order valence-corrected chi connectivity index (χ3v) is 6.45. The van der Waals surface area contributed by atoms with E-state index in [1.165, 1.54) is 0 Å². The van der Waals surface area contributed by atoms with Crippen LogP contribution >= 0.6 is 0 Å². The highest BCUT2D eigenvalue weighted by atomic mass is 16.4. The fraction of sp³-hybridized carbons (Fsp3) is 0.207. The minimum Gasteiger partial charge on any atom is -0.481 e. The number of carboxylic acids is 1. The van der Waals surface area contributed by atoms with Crippen LogP contribution in [0, 0.1) is 6.92 Å². The van der Waals surface area contributed by atoms with Gasteiger partial charge in [0.15, 0.2) is 0 Å². The maximum atomic E-state index is 13.1. The van der Waals surface area contributed by atoms with E-state index in [1.807, 2.05) is 43.3 Å². The fourth-order valence-electron chi connectivity index (χ4n) is 4.49. The van der Waals surface area contributed by atoms with Gasteiger partial charge in [0.05, 0.1) is 22.4 Å². The van der Waals surface area contributed by atoms with Crippen molar-refractivity contribution in [3.63, 3.8) is 0 Å². The van der Waals surface area contributed by atoms with Crippen molar-refractivity contribution in [2.45, 2.75) is 38.8 Å². The van der Waals surface area contributed by atoms with Crippen LogP contribution < -0.4 is 10.6 Å². The summed E-state index contributed by atoms with van der Waals surface area (Å²) in [4.78, 5) is 45.9. The van der Waals surface area contributed by atoms with E-state index in [1.54, 1.807) is 30.3 Å². The summed E-state index contributed by atoms with van der Waals surface area (Å²) in [7, 11) is 0. The summed E-state index contributed by atoms with van der Waals surface area (Å²) in [6.07, 6.45) is 1.27. The Hall–Kier alpha value is -4.59. The van der Waals surface area contributed by atoms with E-state index >= 15 is 0 Å². The predicted octanol–water partition coefficient (Wildman–Crippen LogP) is 4.57. The lowest BCUT2D eigenvalue weighted by molar-refractivity contribution is -0.137. The normalized spacial score (nSPS) is 14.3. The molecule has 4 aromatic rings. The number of fused-ring (bicyclic) bond motifs is 2. The molecule has 3 aromatic carbocycles. The van der Waals surface area contributed by atoms with Crippen molar-refractivity contribution in [1.82, 2.24) is 20.6 Å². The number of amides is 2. The van der Waals surface area contributed by atoms with Crippen molar-refractivity contribution in [3.8, 4) is 11.3 Å². The molecule has 0 spiro atoms. The number of carbonyl (C=O) groups is 3. The van der Waals surface area contributed by atoms with Gasteiger partial charge < -0.3 is 15.7 Å². The van der Waals surface area contributed by atoms with Crippen molar-refractivity contribution in [3.05, 3.63) is 94.7 Å². The Balaban J connectivity index is 1.44. The maximum absolute atomic E-state index is 13.1. The van der Waals surface area contributed by atoms with Crippen LogP contribution in [0.1, 0.15) is 63.0 Å². The zero-order valence-electron chi connectivity index (χ0n) is 20.3. The Kier molecular flexibility index (Phi) is 6.64. The van der Waals surface area contributed by atoms with Gasteiger partial charge in [0, 0.05) is 28.7 Å². The molecule has 3 N–H and O–H groups in total. The molecule has 0 fully saturated rings. The first-order chi connectivity index (χ1) is 17.9. The van der Waals surface area contributed by atoms with Crippen LogP contribution in [-0.4, -0.2) is 32.9 Å². The van der Waals surface area contributed by atoms with E-state index < -0.39 is 12.1 Å². The minimum atomic E-state index is -0.819. The second kappa shape index (κ2) is 10.2. The molecule has 8 heteroatoms. The van der Waals surface area contributed by atoms with Gasteiger partial charge in [-0.1, -0.05) is 48.0 Å². The molecule has 0 bridgehead atoms. The number of benzene rings is 3. The average Bonchev–Trinajstić information content (AvgIpc) is 3.21. The lowest BCUT2D eigenvalue weighted by atomic mass is 10.0. The third kappa shape index (κ3) is 5.18. The molecule has 1 aliphatic heterocycles. The van der Waals surface area contributed by atoms with Gasteiger partial charge in [-0.25, -0.2) is 9.97 Å². The molecule has 0 aliphatic carbocycles. The Morgan fingerprint density at radius 3 is 2.54 bits per heavy atom. The van der Waals surface area contributed by atoms with Gasteiger partial charge in [-0.2, -0.15) is 0 Å². The number of aliphatic carboxylic acids is 1. The van der Waals surface area contributed by atoms with Crippen LogP contribution in [0.25, 0.3) is 22.3 Å². The molecule has 1 unspecified atom stereocenters. The SMILES string of the molecule is Cc1ccc(-c2nc3ccc(C(=O)NC4NC(=O)c5ccccc54)cc3nc2CCCCC(=O)O)cc1. The molecule has 8 nitrogen and oxygen atoms in total. The summed E-state index contributed by atoms with van der Waals surface area (Å²) in [6.45, 7) is 2.02. The van der Waals surface area contributed by atoms with Crippen LogP contribution in [0.4, 0.5) is 0 Å². The number of hydrogen-bond donors (Lipinski definition) is 3. The largest absolute Gasteiger partial charge is 0.481 e. The molecular weight excluding hydrogens is 468 g/mol. The van der Waals surface area contributed by atoms with Crippen LogP contribution in [0.15, 0.2) is 66.7 Å². The molecule has 2 heterocycles. The molecule has 0 saturated carbocycles. The number of unbranched alkanes of at least 4 members (excludes halogenated alkanes) is 1. The highest BCUT2D eigenvalue weighted by molar-refractivity contribution is 6.01. The first kappa shape index (κ1) is 24.1. The minimum absolute atomic E-state index is 0.103. The van der Waals surface area contributed by atoms with Gasteiger partial charge in [0.25, 0.3) is 11.8 Å². The van der Waals surface area contributed by atoms with Crippen molar-refractivity contribution < 1.29 is 19.5 Å². The summed E-state index contributed by atoms with van der Waals surface area (Å²) in [5.74, 6) is -1.38. The second-order valence-electron chi connectivity index (χ2n) is 9.16. The van der Waals surface area contributed by atoms with E-state index in [0.29, 0.717) is 41.4 Å². The van der Waals surface area contributed by atoms with Crippen molar-refractivity contribution >= 4 is 28.8 Å². The van der Waals surface area contributed by atoms with Crippen LogP contribution in [0.5, 0.6) is 0 Å². The van der Waals surface area contributed by atoms with E-state index in [9.17, 15) is 14.4 Å². The lowest BCUT2D eigenvalue weighted by Gasteiger charge is -2.15. The molecule has 186 valence electrons. The molecule has 2 amide bonds. The number of nitrogens with one attached hydrogen (secondary N) is 2. The Morgan fingerprint density at radius 1 is 0.973 bits per heavy atom. The Morgan fingerprint density at radius 2 is 1.76 bits per heavy atom. The summed E-state index contributed by atoms with van der Waals surface area (Å²) in [6, 6.07) is 20.3. The first-order valence-corrected chi connectivity index (χ1v) is 12.2. The molecule has 37 heavy (non-hydrogen) atoms. The number of carbonyl (C=O) groups excluding carboxylic acids is 2. The zero-order chi connectivity index (χ0) is 25.9. The number of aryl methyl sites for hydroxylation is 2.